The molecule has 0 aliphatic carbocycles. The normalized spacial score (nSPS) is 13.5. The van der Waals surface area contributed by atoms with E-state index in [1.165, 1.54) is 16.0 Å². The van der Waals surface area contributed by atoms with E-state index in [9.17, 15) is 28.8 Å². The number of carboxylic acid groups (broad SMARTS) is 1. The lowest BCUT2D eigenvalue weighted by atomic mass is 9.84. The number of amides is 6. The van der Waals surface area contributed by atoms with Gasteiger partial charge in [-0.05, 0) is 97.3 Å². The number of nitrogens with one attached hydrogen (secondary N) is 3. The SMILES string of the molecule is CC(C)c1nc(CN(C)C(=O)C[C@H](C(=O)N[C@H](CC[C@@H](CC(=O)[C@@H](NC(=O)N(C)Cc2csc(C(C)C)n2)C(C)C)Cc2ccccc2)Cc2ccccc2)C(C)C)cs1.CC(C)c1nc(CN(C)C(=O)N[C@H](C(=O)O)C(C)C)cs1.N[C@H](CC[C@@H](N)Cc1ccccc1)Cc1ccccc1. The summed E-state index contributed by atoms with van der Waals surface area (Å²) >= 11 is 4.77. The number of carbonyl (C=O) groups excluding carboxylic acids is 5. The monoisotopic (exact) mass is 1440 g/mol. The summed E-state index contributed by atoms with van der Waals surface area (Å²) in [4.78, 5) is 97.0. The maximum atomic E-state index is 14.2. The van der Waals surface area contributed by atoms with Crippen LogP contribution in [0.4, 0.5) is 9.59 Å². The number of aliphatic carboxylic acids is 1. The fourth-order valence-electron chi connectivity index (χ4n) is 11.5. The predicted octanol–water partition coefficient (Wildman–Crippen LogP) is 15.1. The molecule has 0 spiro atoms. The topological polar surface area (TPSA) is 259 Å². The summed E-state index contributed by atoms with van der Waals surface area (Å²) in [5.74, 6) is -1.15. The van der Waals surface area contributed by atoms with Crippen molar-refractivity contribution in [3.05, 3.63) is 192 Å². The summed E-state index contributed by atoms with van der Waals surface area (Å²) in [5, 5.41) is 27.0. The van der Waals surface area contributed by atoms with Crippen molar-refractivity contribution < 1.29 is 33.9 Å². The quantitative estimate of drug-likeness (QED) is 0.0214. The minimum Gasteiger partial charge on any atom is -0.480 e. The van der Waals surface area contributed by atoms with Gasteiger partial charge in [0.15, 0.2) is 5.78 Å². The van der Waals surface area contributed by atoms with Crippen molar-refractivity contribution in [1.29, 1.82) is 0 Å². The molecule has 0 aliphatic heterocycles. The third kappa shape index (κ3) is 30.4. The van der Waals surface area contributed by atoms with E-state index in [-0.39, 0.29) is 78.3 Å². The Labute approximate surface area is 614 Å². The van der Waals surface area contributed by atoms with Gasteiger partial charge in [0.25, 0.3) is 0 Å². The minimum atomic E-state index is -1.03. The van der Waals surface area contributed by atoms with E-state index >= 15 is 0 Å². The van der Waals surface area contributed by atoms with Gasteiger partial charge in [-0.25, -0.2) is 29.3 Å². The molecule has 0 unspecified atom stereocenters. The van der Waals surface area contributed by atoms with Crippen molar-refractivity contribution in [1.82, 2.24) is 45.6 Å². The number of thiazole rings is 3. The second-order valence-corrected chi connectivity index (χ2v) is 31.5. The molecule has 7 atom stereocenters. The molecule has 21 heteroatoms. The second-order valence-electron chi connectivity index (χ2n) is 28.9. The fourth-order valence-corrected chi connectivity index (χ4v) is 14.0. The number of urea groups is 2. The van der Waals surface area contributed by atoms with E-state index in [2.05, 4.69) is 140 Å². The van der Waals surface area contributed by atoms with E-state index in [0.717, 1.165) is 68.9 Å². The van der Waals surface area contributed by atoms with Crippen LogP contribution in [0, 0.1) is 29.6 Å². The highest BCUT2D eigenvalue weighted by Gasteiger charge is 2.32. The van der Waals surface area contributed by atoms with E-state index in [4.69, 9.17) is 21.6 Å². The Kier molecular flexibility index (Phi) is 36.0. The van der Waals surface area contributed by atoms with Gasteiger partial charge in [0.1, 0.15) is 6.04 Å². The molecule has 7 aromatic rings. The predicted molar refractivity (Wildman–Crippen MR) is 413 cm³/mol. The van der Waals surface area contributed by atoms with Gasteiger partial charge >= 0.3 is 18.0 Å². The smallest absolute Gasteiger partial charge is 0.326 e. The molecule has 0 bridgehead atoms. The molecule has 6 amide bonds. The highest BCUT2D eigenvalue weighted by molar-refractivity contribution is 7.10. The maximum Gasteiger partial charge on any atom is 0.326 e. The van der Waals surface area contributed by atoms with E-state index in [0.29, 0.717) is 63.1 Å². The van der Waals surface area contributed by atoms with Crippen LogP contribution in [-0.2, 0) is 64.5 Å². The van der Waals surface area contributed by atoms with Gasteiger partial charge < -0.3 is 47.2 Å². The minimum absolute atomic E-state index is 0.00679. The number of carboxylic acids is 1. The number of nitrogens with two attached hydrogens (primary N) is 2. The van der Waals surface area contributed by atoms with Crippen LogP contribution in [0.3, 0.4) is 0 Å². The van der Waals surface area contributed by atoms with Gasteiger partial charge in [-0.1, -0.05) is 204 Å². The average molecular weight is 1440 g/mol. The van der Waals surface area contributed by atoms with Crippen molar-refractivity contribution in [2.45, 2.75) is 215 Å². The molecule has 0 aliphatic rings. The average Bonchev–Trinajstić information content (AvgIpc) is 1.80. The lowest BCUT2D eigenvalue weighted by Crippen LogP contribution is -2.49. The first-order valence-electron chi connectivity index (χ1n) is 35.8. The summed E-state index contributed by atoms with van der Waals surface area (Å²) < 4.78 is 0. The van der Waals surface area contributed by atoms with E-state index in [1.54, 1.807) is 78.8 Å². The fraction of sp³-hybridized carbons (Fsp3) is 0.512. The molecule has 0 fully saturated rings. The van der Waals surface area contributed by atoms with Gasteiger partial charge in [-0.3, -0.25) is 14.4 Å². The van der Waals surface area contributed by atoms with Gasteiger partial charge in [0.2, 0.25) is 11.8 Å². The van der Waals surface area contributed by atoms with Crippen molar-refractivity contribution >= 4 is 69.6 Å². The number of aromatic nitrogens is 3. The van der Waals surface area contributed by atoms with Crippen LogP contribution in [0.25, 0.3) is 0 Å². The lowest BCUT2D eigenvalue weighted by molar-refractivity contribution is -0.140. The molecule has 0 radical (unpaired) electrons. The van der Waals surface area contributed by atoms with Gasteiger partial charge in [-0.2, -0.15) is 0 Å². The molecular weight excluding hydrogens is 1320 g/mol. The molecule has 7 rings (SSSR count). The van der Waals surface area contributed by atoms with Crippen LogP contribution in [-0.4, -0.2) is 122 Å². The summed E-state index contributed by atoms with van der Waals surface area (Å²) in [6.07, 6.45) is 6.82. The van der Waals surface area contributed by atoms with Crippen LogP contribution in [0.1, 0.15) is 194 Å². The van der Waals surface area contributed by atoms with E-state index in [1.807, 2.05) is 92.4 Å². The van der Waals surface area contributed by atoms with E-state index < -0.39 is 30.0 Å². The second kappa shape index (κ2) is 43.3. The zero-order chi connectivity index (χ0) is 74.3. The van der Waals surface area contributed by atoms with Crippen LogP contribution in [0.5, 0.6) is 0 Å². The van der Waals surface area contributed by atoms with Crippen molar-refractivity contribution in [3.63, 3.8) is 0 Å². The van der Waals surface area contributed by atoms with Crippen LogP contribution < -0.4 is 27.4 Å². The van der Waals surface area contributed by atoms with Crippen LogP contribution in [0.15, 0.2) is 137 Å². The van der Waals surface area contributed by atoms with Gasteiger partial charge in [0, 0.05) is 91.9 Å². The molecular formula is C80H115N11O7S3. The number of Topliss-reactive ketones (excluding diaryl/α,β-unsaturated/α-hetero) is 1. The Balaban J connectivity index is 0.000000360. The first-order valence-corrected chi connectivity index (χ1v) is 38.4. The molecule has 3 aromatic heterocycles. The number of benzene rings is 4. The molecule has 0 saturated heterocycles. The summed E-state index contributed by atoms with van der Waals surface area (Å²) in [5.41, 5.74) is 19.7. The molecule has 101 heavy (non-hydrogen) atoms. The molecule has 18 nitrogen and oxygen atoms in total. The Morgan fingerprint density at radius 2 is 0.792 bits per heavy atom. The Bertz CT molecular complexity index is 3380. The summed E-state index contributed by atoms with van der Waals surface area (Å²) in [7, 11) is 5.13. The maximum absolute atomic E-state index is 14.2. The number of nitrogens with zero attached hydrogens (tertiary/aromatic N) is 6. The zero-order valence-corrected chi connectivity index (χ0v) is 64.9. The first kappa shape index (κ1) is 84.0. The Hall–Kier alpha value is -7.69. The number of ketones is 1. The molecule has 550 valence electrons. The largest absolute Gasteiger partial charge is 0.480 e. The molecule has 8 N–H and O–H groups in total. The number of rotatable bonds is 36. The Morgan fingerprint density at radius 3 is 1.14 bits per heavy atom. The molecule has 3 heterocycles. The van der Waals surface area contributed by atoms with Crippen molar-refractivity contribution in [2.75, 3.05) is 21.1 Å². The third-order valence-corrected chi connectivity index (χ3v) is 21.2. The van der Waals surface area contributed by atoms with Crippen molar-refractivity contribution in [3.8, 4) is 0 Å². The highest BCUT2D eigenvalue weighted by Crippen LogP contribution is 2.27. The molecule has 0 saturated carbocycles. The molecule has 4 aromatic carbocycles. The standard InChI is InChI=1S/C48H68N6O4S2.C18H24N2.C14H23N3O3S/c1-31(2)41(26-43(56)53(9)27-39-29-59-46(50-39)33(5)6)45(57)49-38(24-36-19-15-12-16-20-36)22-21-37(23-35-17-13-11-14-18-35)25-42(55)44(32(3)4)52-48(58)54(10)28-40-30-60-47(51-40)34(7)8;19-17(13-15-7-3-1-4-8-15)11-12-18(20)14-16-9-5-2-6-10-16;1-8(2)11(13(18)19)16-14(20)17(5)6-10-7-21-12(15-10)9(3)4/h11-20,29-34,37-38,41,44H,21-28H2,1-10H3,(H,49,57)(H,52,58);1-10,17-18H,11-14,19-20H2;7-9,11H,6H2,1-5H3,(H,16,20)(H,18,19)/t37-,38-,41+,44+;17-,18-;11-/m110/s1. The van der Waals surface area contributed by atoms with Gasteiger partial charge in [-0.15, -0.1) is 34.0 Å². The number of hydrogen-bond donors (Lipinski definition) is 6. The summed E-state index contributed by atoms with van der Waals surface area (Å²) in [6.45, 7) is 25.1. The Morgan fingerprint density at radius 1 is 0.436 bits per heavy atom. The third-order valence-electron chi connectivity index (χ3n) is 17.6. The highest BCUT2D eigenvalue weighted by atomic mass is 32.1. The first-order chi connectivity index (χ1) is 48.0. The number of carbonyl (C=O) groups is 6. The van der Waals surface area contributed by atoms with Crippen LogP contribution in [0.2, 0.25) is 0 Å². The van der Waals surface area contributed by atoms with Crippen LogP contribution >= 0.6 is 34.0 Å². The zero-order valence-electron chi connectivity index (χ0n) is 62.4. The van der Waals surface area contributed by atoms with Gasteiger partial charge in [0.05, 0.1) is 57.8 Å². The van der Waals surface area contributed by atoms with Crippen molar-refractivity contribution in [2.24, 2.45) is 41.1 Å². The lowest BCUT2D eigenvalue weighted by Gasteiger charge is -2.28. The number of hydrogen-bond acceptors (Lipinski definition) is 14. The summed E-state index contributed by atoms with van der Waals surface area (Å²) in [6, 6.07) is 39.0.